The van der Waals surface area contributed by atoms with Crippen molar-refractivity contribution in [2.45, 2.75) is 18.3 Å². The molecule has 1 amide bonds. The molecule has 0 atom stereocenters. The van der Waals surface area contributed by atoms with Crippen LogP contribution in [-0.4, -0.2) is 37.5 Å². The molecule has 3 nitrogen and oxygen atoms in total. The normalized spacial score (nSPS) is 19.7. The van der Waals surface area contributed by atoms with Crippen LogP contribution in [0.5, 0.6) is 0 Å². The molecule has 0 aromatic heterocycles. The molecule has 2 fully saturated rings. The molecule has 3 rings (SSSR count). The summed E-state index contributed by atoms with van der Waals surface area (Å²) >= 11 is 3.47. The van der Waals surface area contributed by atoms with E-state index in [1.807, 2.05) is 11.9 Å². The SMILES string of the molecule is CN(CC1(c2ccc(Br)cc2)CC1)C(=O)C1CNC1.Cl. The average Bonchev–Trinajstić information content (AvgIpc) is 3.08. The molecule has 0 spiro atoms. The Morgan fingerprint density at radius 2 is 1.95 bits per heavy atom. The predicted molar refractivity (Wildman–Crippen MR) is 86.3 cm³/mol. The van der Waals surface area contributed by atoms with Gasteiger partial charge in [0.25, 0.3) is 0 Å². The third kappa shape index (κ3) is 3.02. The van der Waals surface area contributed by atoms with E-state index in [-0.39, 0.29) is 23.7 Å². The molecule has 0 radical (unpaired) electrons. The highest BCUT2D eigenvalue weighted by atomic mass is 79.9. The Morgan fingerprint density at radius 3 is 2.40 bits per heavy atom. The van der Waals surface area contributed by atoms with Crippen LogP contribution in [0.25, 0.3) is 0 Å². The highest BCUT2D eigenvalue weighted by Gasteiger charge is 2.46. The van der Waals surface area contributed by atoms with Crippen LogP contribution in [-0.2, 0) is 10.2 Å². The summed E-state index contributed by atoms with van der Waals surface area (Å²) in [5, 5.41) is 3.16. The Bertz CT molecular complexity index is 483. The first-order valence-electron chi connectivity index (χ1n) is 6.82. The van der Waals surface area contributed by atoms with Crippen molar-refractivity contribution in [3.8, 4) is 0 Å². The summed E-state index contributed by atoms with van der Waals surface area (Å²) in [6.07, 6.45) is 2.38. The quantitative estimate of drug-likeness (QED) is 0.896. The summed E-state index contributed by atoms with van der Waals surface area (Å²) < 4.78 is 1.11. The lowest BCUT2D eigenvalue weighted by Gasteiger charge is -2.32. The minimum atomic E-state index is 0. The molecule has 1 heterocycles. The highest BCUT2D eigenvalue weighted by molar-refractivity contribution is 9.10. The fraction of sp³-hybridized carbons (Fsp3) is 0.533. The van der Waals surface area contributed by atoms with Gasteiger partial charge in [-0.15, -0.1) is 12.4 Å². The van der Waals surface area contributed by atoms with Gasteiger partial charge in [-0.25, -0.2) is 0 Å². The van der Waals surface area contributed by atoms with Crippen LogP contribution < -0.4 is 5.32 Å². The number of halogens is 2. The van der Waals surface area contributed by atoms with Crippen LogP contribution in [0.15, 0.2) is 28.7 Å². The zero-order valence-electron chi connectivity index (χ0n) is 11.6. The zero-order valence-corrected chi connectivity index (χ0v) is 14.0. The fourth-order valence-electron chi connectivity index (χ4n) is 2.80. The summed E-state index contributed by atoms with van der Waals surface area (Å²) in [4.78, 5) is 14.1. The second kappa shape index (κ2) is 6.04. The van der Waals surface area contributed by atoms with Crippen molar-refractivity contribution in [1.82, 2.24) is 10.2 Å². The molecule has 0 bridgehead atoms. The number of amides is 1. The Labute approximate surface area is 134 Å². The Balaban J connectivity index is 0.00000147. The van der Waals surface area contributed by atoms with Crippen molar-refractivity contribution in [1.29, 1.82) is 0 Å². The van der Waals surface area contributed by atoms with Crippen LogP contribution in [0.2, 0.25) is 0 Å². The number of hydrogen-bond acceptors (Lipinski definition) is 2. The molecule has 5 heteroatoms. The lowest BCUT2D eigenvalue weighted by Crippen LogP contribution is -2.52. The van der Waals surface area contributed by atoms with E-state index in [0.717, 1.165) is 24.1 Å². The Morgan fingerprint density at radius 1 is 1.35 bits per heavy atom. The van der Waals surface area contributed by atoms with Crippen molar-refractivity contribution in [3.05, 3.63) is 34.3 Å². The van der Waals surface area contributed by atoms with Gasteiger partial charge in [-0.1, -0.05) is 28.1 Å². The maximum absolute atomic E-state index is 12.2. The van der Waals surface area contributed by atoms with Crippen molar-refractivity contribution in [2.75, 3.05) is 26.7 Å². The molecule has 1 aliphatic heterocycles. The van der Waals surface area contributed by atoms with Gasteiger partial charge in [0.05, 0.1) is 5.92 Å². The number of rotatable bonds is 4. The third-order valence-electron chi connectivity index (χ3n) is 4.36. The largest absolute Gasteiger partial charge is 0.345 e. The molecule has 1 saturated carbocycles. The first-order chi connectivity index (χ1) is 9.11. The van der Waals surface area contributed by atoms with Gasteiger partial charge in [0, 0.05) is 36.6 Å². The van der Waals surface area contributed by atoms with E-state index < -0.39 is 0 Å². The molecule has 20 heavy (non-hydrogen) atoms. The third-order valence-corrected chi connectivity index (χ3v) is 4.89. The number of hydrogen-bond donors (Lipinski definition) is 1. The van der Waals surface area contributed by atoms with E-state index in [9.17, 15) is 4.79 Å². The van der Waals surface area contributed by atoms with E-state index in [1.165, 1.54) is 18.4 Å². The van der Waals surface area contributed by atoms with Crippen molar-refractivity contribution in [3.63, 3.8) is 0 Å². The van der Waals surface area contributed by atoms with Gasteiger partial charge < -0.3 is 10.2 Å². The van der Waals surface area contributed by atoms with Crippen molar-refractivity contribution < 1.29 is 4.79 Å². The fourth-order valence-corrected chi connectivity index (χ4v) is 3.06. The Hall–Kier alpha value is -0.580. The van der Waals surface area contributed by atoms with E-state index in [1.54, 1.807) is 0 Å². The summed E-state index contributed by atoms with van der Waals surface area (Å²) in [6, 6.07) is 8.54. The van der Waals surface area contributed by atoms with Gasteiger partial charge in [-0.3, -0.25) is 4.79 Å². The lowest BCUT2D eigenvalue weighted by atomic mass is 9.94. The van der Waals surface area contributed by atoms with Gasteiger partial charge in [-0.2, -0.15) is 0 Å². The summed E-state index contributed by atoms with van der Waals surface area (Å²) in [7, 11) is 1.94. The smallest absolute Gasteiger partial charge is 0.228 e. The van der Waals surface area contributed by atoms with Gasteiger partial charge in [0.15, 0.2) is 0 Å². The van der Waals surface area contributed by atoms with E-state index >= 15 is 0 Å². The maximum Gasteiger partial charge on any atom is 0.228 e. The molecule has 1 N–H and O–H groups in total. The maximum atomic E-state index is 12.2. The monoisotopic (exact) mass is 358 g/mol. The first kappa shape index (κ1) is 15.8. The van der Waals surface area contributed by atoms with Crippen LogP contribution in [0, 0.1) is 5.92 Å². The molecule has 1 aromatic carbocycles. The highest BCUT2D eigenvalue weighted by Crippen LogP contribution is 2.48. The van der Waals surface area contributed by atoms with Crippen LogP contribution >= 0.6 is 28.3 Å². The van der Waals surface area contributed by atoms with Crippen LogP contribution in [0.1, 0.15) is 18.4 Å². The van der Waals surface area contributed by atoms with Gasteiger partial charge >= 0.3 is 0 Å². The standard InChI is InChI=1S/C15H19BrN2O.ClH/c1-18(14(19)11-8-17-9-11)10-15(6-7-15)12-2-4-13(16)5-3-12;/h2-5,11,17H,6-10H2,1H3;1H. The van der Waals surface area contributed by atoms with Crippen LogP contribution in [0.4, 0.5) is 0 Å². The summed E-state index contributed by atoms with van der Waals surface area (Å²) in [5.41, 5.74) is 1.57. The van der Waals surface area contributed by atoms with Crippen molar-refractivity contribution >= 4 is 34.2 Å². The van der Waals surface area contributed by atoms with E-state index in [0.29, 0.717) is 5.91 Å². The second-order valence-corrected chi connectivity index (χ2v) is 6.75. The molecular formula is C15H20BrClN2O. The molecular weight excluding hydrogens is 340 g/mol. The zero-order chi connectivity index (χ0) is 13.5. The topological polar surface area (TPSA) is 32.3 Å². The molecule has 2 aliphatic rings. The number of nitrogens with zero attached hydrogens (tertiary/aromatic N) is 1. The van der Waals surface area contributed by atoms with Gasteiger partial charge in [0.2, 0.25) is 5.91 Å². The lowest BCUT2D eigenvalue weighted by molar-refractivity contribution is -0.136. The number of benzene rings is 1. The van der Waals surface area contributed by atoms with Gasteiger partial charge in [0.1, 0.15) is 0 Å². The van der Waals surface area contributed by atoms with Crippen LogP contribution in [0.3, 0.4) is 0 Å². The van der Waals surface area contributed by atoms with E-state index in [4.69, 9.17) is 0 Å². The molecule has 110 valence electrons. The second-order valence-electron chi connectivity index (χ2n) is 5.84. The minimum Gasteiger partial charge on any atom is -0.345 e. The Kier molecular flexibility index (Phi) is 4.77. The number of nitrogens with one attached hydrogen (secondary N) is 1. The number of likely N-dealkylation sites (N-methyl/N-ethyl adjacent to an activating group) is 1. The van der Waals surface area contributed by atoms with Gasteiger partial charge in [-0.05, 0) is 30.5 Å². The average molecular weight is 360 g/mol. The summed E-state index contributed by atoms with van der Waals surface area (Å²) in [6.45, 7) is 2.53. The first-order valence-corrected chi connectivity index (χ1v) is 7.62. The summed E-state index contributed by atoms with van der Waals surface area (Å²) in [5.74, 6) is 0.493. The molecule has 0 unspecified atom stereocenters. The van der Waals surface area contributed by atoms with E-state index in [2.05, 4.69) is 45.5 Å². The minimum absolute atomic E-state index is 0. The predicted octanol–water partition coefficient (Wildman–Crippen LogP) is 2.58. The van der Waals surface area contributed by atoms with Crippen molar-refractivity contribution in [2.24, 2.45) is 5.92 Å². The number of carbonyl (C=O) groups is 1. The molecule has 1 saturated heterocycles. The molecule has 1 aromatic rings. The number of carbonyl (C=O) groups excluding carboxylic acids is 1. The molecule has 1 aliphatic carbocycles.